The van der Waals surface area contributed by atoms with Gasteiger partial charge in [0, 0.05) is 19.1 Å². The molecule has 0 saturated carbocycles. The summed E-state index contributed by atoms with van der Waals surface area (Å²) in [5, 5.41) is 3.14. The zero-order valence-corrected chi connectivity index (χ0v) is 12.5. The molecule has 0 fully saturated rings. The minimum absolute atomic E-state index is 0.268. The summed E-state index contributed by atoms with van der Waals surface area (Å²) in [7, 11) is -3.42. The number of halogens is 1. The molecule has 7 heteroatoms. The summed E-state index contributed by atoms with van der Waals surface area (Å²) < 4.78 is 27.0. The molecule has 0 aliphatic rings. The van der Waals surface area contributed by atoms with Crippen LogP contribution in [0.15, 0.2) is 10.3 Å². The second-order valence-electron chi connectivity index (χ2n) is 4.03. The van der Waals surface area contributed by atoms with Gasteiger partial charge in [-0.2, -0.15) is 0 Å². The maximum atomic E-state index is 11.9. The standard InChI is InChI=1S/C10H17ClN2O2S2/c1-7(2)12-4-5-13-17(14,15)9-6-8(3)10(11)16-9/h6-7,12-13H,4-5H2,1-3H3. The molecule has 1 aromatic rings. The zero-order valence-electron chi connectivity index (χ0n) is 10.1. The van der Waals surface area contributed by atoms with Gasteiger partial charge in [-0.05, 0) is 18.6 Å². The van der Waals surface area contributed by atoms with Crippen molar-refractivity contribution in [3.8, 4) is 0 Å². The van der Waals surface area contributed by atoms with Crippen molar-refractivity contribution in [2.75, 3.05) is 13.1 Å². The number of hydrogen-bond donors (Lipinski definition) is 2. The van der Waals surface area contributed by atoms with Crippen molar-refractivity contribution < 1.29 is 8.42 Å². The van der Waals surface area contributed by atoms with E-state index in [9.17, 15) is 8.42 Å². The molecule has 1 heterocycles. The predicted molar refractivity (Wildman–Crippen MR) is 72.4 cm³/mol. The second kappa shape index (κ2) is 6.15. The maximum Gasteiger partial charge on any atom is 0.250 e. The summed E-state index contributed by atoms with van der Waals surface area (Å²) in [6, 6.07) is 1.93. The van der Waals surface area contributed by atoms with Crippen LogP contribution in [0.1, 0.15) is 19.4 Å². The van der Waals surface area contributed by atoms with Gasteiger partial charge in [-0.1, -0.05) is 25.4 Å². The molecule has 2 N–H and O–H groups in total. The molecule has 0 bridgehead atoms. The summed E-state index contributed by atoms with van der Waals surface area (Å²) >= 11 is 6.93. The van der Waals surface area contributed by atoms with E-state index in [0.717, 1.165) is 16.9 Å². The quantitative estimate of drug-likeness (QED) is 0.789. The van der Waals surface area contributed by atoms with Crippen LogP contribution < -0.4 is 10.0 Å². The molecule has 0 amide bonds. The van der Waals surface area contributed by atoms with Gasteiger partial charge in [0.15, 0.2) is 0 Å². The van der Waals surface area contributed by atoms with Crippen LogP contribution in [0.3, 0.4) is 0 Å². The van der Waals surface area contributed by atoms with Crippen molar-refractivity contribution in [1.29, 1.82) is 0 Å². The van der Waals surface area contributed by atoms with Crippen molar-refractivity contribution in [3.63, 3.8) is 0 Å². The fourth-order valence-corrected chi connectivity index (χ4v) is 3.97. The number of sulfonamides is 1. The second-order valence-corrected chi connectivity index (χ2v) is 7.68. The summed E-state index contributed by atoms with van der Waals surface area (Å²) in [5.41, 5.74) is 0.789. The van der Waals surface area contributed by atoms with Crippen LogP contribution in [0.4, 0.5) is 0 Å². The zero-order chi connectivity index (χ0) is 13.1. The molecule has 0 radical (unpaired) electrons. The van der Waals surface area contributed by atoms with Gasteiger partial charge < -0.3 is 5.32 Å². The summed E-state index contributed by atoms with van der Waals surface area (Å²) in [5.74, 6) is 0. The van der Waals surface area contributed by atoms with Crippen molar-refractivity contribution in [3.05, 3.63) is 16.0 Å². The van der Waals surface area contributed by atoms with Gasteiger partial charge in [0.1, 0.15) is 4.21 Å². The Morgan fingerprint density at radius 3 is 2.53 bits per heavy atom. The summed E-state index contributed by atoms with van der Waals surface area (Å²) in [4.78, 5) is 0. The van der Waals surface area contributed by atoms with Crippen molar-refractivity contribution in [2.45, 2.75) is 31.0 Å². The van der Waals surface area contributed by atoms with Crippen LogP contribution in [0.2, 0.25) is 4.34 Å². The van der Waals surface area contributed by atoms with Crippen LogP contribution in [0, 0.1) is 6.92 Å². The SMILES string of the molecule is Cc1cc(S(=O)(=O)NCCNC(C)C)sc1Cl. The van der Waals surface area contributed by atoms with Gasteiger partial charge >= 0.3 is 0 Å². The lowest BCUT2D eigenvalue weighted by molar-refractivity contribution is 0.561. The molecule has 0 saturated heterocycles. The van der Waals surface area contributed by atoms with Gasteiger partial charge in [-0.25, -0.2) is 13.1 Å². The first kappa shape index (κ1) is 14.9. The van der Waals surface area contributed by atoms with Crippen LogP contribution in [0.25, 0.3) is 0 Å². The molecule has 98 valence electrons. The van der Waals surface area contributed by atoms with E-state index < -0.39 is 10.0 Å². The molecule has 0 spiro atoms. The molecule has 17 heavy (non-hydrogen) atoms. The lowest BCUT2D eigenvalue weighted by Crippen LogP contribution is -2.34. The fraction of sp³-hybridized carbons (Fsp3) is 0.600. The molecule has 0 atom stereocenters. The number of rotatable bonds is 6. The summed E-state index contributed by atoms with van der Waals surface area (Å²) in [6.07, 6.45) is 0. The molecule has 0 aliphatic heterocycles. The molecule has 0 aromatic carbocycles. The van der Waals surface area contributed by atoms with Crippen molar-refractivity contribution in [2.24, 2.45) is 0 Å². The molecule has 1 rings (SSSR count). The van der Waals surface area contributed by atoms with Crippen LogP contribution >= 0.6 is 22.9 Å². The Balaban J connectivity index is 2.57. The van der Waals surface area contributed by atoms with Crippen LogP contribution in [-0.2, 0) is 10.0 Å². The molecular formula is C10H17ClN2O2S2. The predicted octanol–water partition coefficient (Wildman–Crippen LogP) is 1.99. The normalized spacial score (nSPS) is 12.3. The highest BCUT2D eigenvalue weighted by molar-refractivity contribution is 7.91. The highest BCUT2D eigenvalue weighted by Gasteiger charge is 2.17. The van der Waals surface area contributed by atoms with Gasteiger partial charge in [0.2, 0.25) is 10.0 Å². The van der Waals surface area contributed by atoms with E-state index >= 15 is 0 Å². The van der Waals surface area contributed by atoms with E-state index in [4.69, 9.17) is 11.6 Å². The topological polar surface area (TPSA) is 58.2 Å². The average Bonchev–Trinajstić information content (AvgIpc) is 2.55. The first-order valence-corrected chi connectivity index (χ1v) is 7.99. The largest absolute Gasteiger partial charge is 0.313 e. The smallest absolute Gasteiger partial charge is 0.250 e. The number of hydrogen-bond acceptors (Lipinski definition) is 4. The van der Waals surface area contributed by atoms with Crippen LogP contribution in [-0.4, -0.2) is 27.5 Å². The van der Waals surface area contributed by atoms with Gasteiger partial charge in [0.25, 0.3) is 0 Å². The Bertz CT molecular complexity index is 449. The third-order valence-corrected chi connectivity index (χ3v) is 5.56. The van der Waals surface area contributed by atoms with E-state index in [1.54, 1.807) is 13.0 Å². The highest BCUT2D eigenvalue weighted by Crippen LogP contribution is 2.29. The highest BCUT2D eigenvalue weighted by atomic mass is 35.5. The third-order valence-electron chi connectivity index (χ3n) is 2.07. The minimum atomic E-state index is -3.42. The van der Waals surface area contributed by atoms with E-state index in [0.29, 0.717) is 23.5 Å². The lowest BCUT2D eigenvalue weighted by Gasteiger charge is -2.08. The van der Waals surface area contributed by atoms with Crippen molar-refractivity contribution in [1.82, 2.24) is 10.0 Å². The van der Waals surface area contributed by atoms with Gasteiger partial charge in [-0.15, -0.1) is 11.3 Å². The molecule has 0 unspecified atom stereocenters. The van der Waals surface area contributed by atoms with E-state index in [-0.39, 0.29) is 4.21 Å². The molecule has 0 aliphatic carbocycles. The van der Waals surface area contributed by atoms with E-state index in [1.807, 2.05) is 13.8 Å². The average molecular weight is 297 g/mol. The first-order valence-electron chi connectivity index (χ1n) is 5.32. The van der Waals surface area contributed by atoms with E-state index in [1.165, 1.54) is 0 Å². The molecule has 1 aromatic heterocycles. The fourth-order valence-electron chi connectivity index (χ4n) is 1.18. The molecular weight excluding hydrogens is 280 g/mol. The number of aryl methyl sites for hydroxylation is 1. The molecule has 4 nitrogen and oxygen atoms in total. The Morgan fingerprint density at radius 2 is 2.06 bits per heavy atom. The number of thiophene rings is 1. The van der Waals surface area contributed by atoms with Crippen LogP contribution in [0.5, 0.6) is 0 Å². The summed E-state index contributed by atoms with van der Waals surface area (Å²) in [6.45, 7) is 6.79. The van der Waals surface area contributed by atoms with Gasteiger partial charge in [-0.3, -0.25) is 0 Å². The monoisotopic (exact) mass is 296 g/mol. The Kier molecular flexibility index (Phi) is 5.40. The first-order chi connectivity index (χ1) is 7.83. The minimum Gasteiger partial charge on any atom is -0.313 e. The third kappa shape index (κ3) is 4.56. The maximum absolute atomic E-state index is 11.9. The lowest BCUT2D eigenvalue weighted by atomic mass is 10.4. The van der Waals surface area contributed by atoms with Crippen molar-refractivity contribution >= 4 is 33.0 Å². The van der Waals surface area contributed by atoms with E-state index in [2.05, 4.69) is 10.0 Å². The number of nitrogens with one attached hydrogen (secondary N) is 2. The Labute approximate surface area is 111 Å². The Hall–Kier alpha value is -0.140. The van der Waals surface area contributed by atoms with Gasteiger partial charge in [0.05, 0.1) is 4.34 Å². The Morgan fingerprint density at radius 1 is 1.41 bits per heavy atom.